The summed E-state index contributed by atoms with van der Waals surface area (Å²) in [5.41, 5.74) is 13.2. The Labute approximate surface area is 311 Å². The molecule has 4 heteroatoms. The van der Waals surface area contributed by atoms with Crippen LogP contribution in [0.5, 0.6) is 0 Å². The Bertz CT molecular complexity index is 3150. The Hall–Kier alpha value is -7.30. The summed E-state index contributed by atoms with van der Waals surface area (Å²) in [4.78, 5) is 2.30. The molecule has 0 aliphatic carbocycles. The lowest BCUT2D eigenvalue weighted by Crippen LogP contribution is -2.10. The van der Waals surface area contributed by atoms with E-state index in [-0.39, 0.29) is 0 Å². The molecule has 3 heterocycles. The second-order valence-corrected chi connectivity index (χ2v) is 13.7. The molecule has 0 atom stereocenters. The number of aromatic nitrogens is 1. The van der Waals surface area contributed by atoms with Crippen molar-refractivity contribution in [3.63, 3.8) is 0 Å². The van der Waals surface area contributed by atoms with Gasteiger partial charge in [0.2, 0.25) is 5.71 Å². The minimum Gasteiger partial charge on any atom is -0.454 e. The van der Waals surface area contributed by atoms with Crippen molar-refractivity contribution in [3.8, 4) is 27.9 Å². The van der Waals surface area contributed by atoms with Crippen molar-refractivity contribution in [3.05, 3.63) is 194 Å². The SMILES string of the molecule is c1ccc(-c2ccc(N(c3cccc(-c4ccc5c(c4)oc4c5c5ccccc5n4-c4ccccc4)c3)c3cccc4c3oc3ccccc34)cc2)cc1. The molecule has 0 amide bonds. The summed E-state index contributed by atoms with van der Waals surface area (Å²) in [5, 5.41) is 5.61. The number of anilines is 3. The minimum atomic E-state index is 0.853. The molecular formula is C50H32N2O2. The van der Waals surface area contributed by atoms with Crippen LogP contribution in [0.4, 0.5) is 17.1 Å². The first-order chi connectivity index (χ1) is 26.8. The van der Waals surface area contributed by atoms with Crippen LogP contribution in [-0.4, -0.2) is 4.57 Å². The summed E-state index contributed by atoms with van der Waals surface area (Å²) in [6.45, 7) is 0. The van der Waals surface area contributed by atoms with Gasteiger partial charge in [0.1, 0.15) is 11.2 Å². The second-order valence-electron chi connectivity index (χ2n) is 13.7. The fraction of sp³-hybridized carbons (Fsp3) is 0. The van der Waals surface area contributed by atoms with E-state index in [1.54, 1.807) is 0 Å². The van der Waals surface area contributed by atoms with Crippen LogP contribution in [0.2, 0.25) is 0 Å². The van der Waals surface area contributed by atoms with Crippen molar-refractivity contribution in [2.45, 2.75) is 0 Å². The second kappa shape index (κ2) is 12.1. The molecule has 0 radical (unpaired) electrons. The van der Waals surface area contributed by atoms with Crippen molar-refractivity contribution < 1.29 is 8.83 Å². The highest BCUT2D eigenvalue weighted by Gasteiger charge is 2.22. The molecule has 0 aliphatic heterocycles. The maximum Gasteiger partial charge on any atom is 0.213 e. The van der Waals surface area contributed by atoms with Gasteiger partial charge in [0.05, 0.1) is 16.6 Å². The molecule has 54 heavy (non-hydrogen) atoms. The van der Waals surface area contributed by atoms with Crippen molar-refractivity contribution >= 4 is 72.0 Å². The predicted molar refractivity (Wildman–Crippen MR) is 223 cm³/mol. The highest BCUT2D eigenvalue weighted by molar-refractivity contribution is 6.20. The molecule has 0 aliphatic rings. The Balaban J connectivity index is 1.07. The third kappa shape index (κ3) is 4.78. The van der Waals surface area contributed by atoms with Crippen LogP contribution in [0.15, 0.2) is 203 Å². The molecule has 254 valence electrons. The van der Waals surface area contributed by atoms with E-state index in [0.717, 1.165) is 83.4 Å². The Morgan fingerprint density at radius 3 is 1.89 bits per heavy atom. The van der Waals surface area contributed by atoms with Crippen LogP contribution >= 0.6 is 0 Å². The van der Waals surface area contributed by atoms with Crippen LogP contribution in [0.1, 0.15) is 0 Å². The van der Waals surface area contributed by atoms with Crippen molar-refractivity contribution in [2.24, 2.45) is 0 Å². The average Bonchev–Trinajstić information content (AvgIpc) is 3.91. The number of nitrogens with zero attached hydrogens (tertiary/aromatic N) is 2. The van der Waals surface area contributed by atoms with Crippen LogP contribution in [0.25, 0.3) is 82.9 Å². The van der Waals surface area contributed by atoms with Crippen molar-refractivity contribution in [1.29, 1.82) is 0 Å². The van der Waals surface area contributed by atoms with Crippen LogP contribution in [0.3, 0.4) is 0 Å². The third-order valence-electron chi connectivity index (χ3n) is 10.6. The van der Waals surface area contributed by atoms with Gasteiger partial charge >= 0.3 is 0 Å². The molecule has 8 aromatic carbocycles. The number of benzene rings is 8. The topological polar surface area (TPSA) is 34.5 Å². The van der Waals surface area contributed by atoms with Gasteiger partial charge in [0, 0.05) is 38.6 Å². The number of para-hydroxylation sites is 4. The monoisotopic (exact) mass is 692 g/mol. The van der Waals surface area contributed by atoms with Gasteiger partial charge < -0.3 is 13.7 Å². The standard InChI is InChI=1S/C50H32N2O2/c1-3-13-33(14-4-1)34-25-28-38(29-26-34)51(45-23-12-21-41-40-19-8-10-24-46(40)53-49(41)45)39-18-11-15-35(31-39)36-27-30-43-47(32-36)54-50-48(43)42-20-7-9-22-44(42)52(50)37-16-5-2-6-17-37/h1-32H. The lowest BCUT2D eigenvalue weighted by Gasteiger charge is -2.26. The fourth-order valence-corrected chi connectivity index (χ4v) is 8.10. The van der Waals surface area contributed by atoms with Gasteiger partial charge in [-0.3, -0.25) is 4.57 Å². The average molecular weight is 693 g/mol. The summed E-state index contributed by atoms with van der Waals surface area (Å²) in [5.74, 6) is 0. The van der Waals surface area contributed by atoms with Gasteiger partial charge in [0.15, 0.2) is 5.58 Å². The molecule has 0 saturated carbocycles. The molecular weight excluding hydrogens is 661 g/mol. The zero-order valence-electron chi connectivity index (χ0n) is 29.2. The quantitative estimate of drug-likeness (QED) is 0.174. The molecule has 11 aromatic rings. The molecule has 0 N–H and O–H groups in total. The van der Waals surface area contributed by atoms with E-state index in [9.17, 15) is 0 Å². The number of rotatable bonds is 6. The zero-order valence-corrected chi connectivity index (χ0v) is 29.2. The Morgan fingerprint density at radius 2 is 1.04 bits per heavy atom. The maximum atomic E-state index is 6.77. The van der Waals surface area contributed by atoms with Gasteiger partial charge in [-0.25, -0.2) is 0 Å². The summed E-state index contributed by atoms with van der Waals surface area (Å²) in [6.07, 6.45) is 0. The molecule has 0 saturated heterocycles. The summed E-state index contributed by atoms with van der Waals surface area (Å²) in [7, 11) is 0. The number of furan rings is 2. The van der Waals surface area contributed by atoms with Crippen molar-refractivity contribution in [1.82, 2.24) is 4.57 Å². The first-order valence-corrected chi connectivity index (χ1v) is 18.3. The zero-order chi connectivity index (χ0) is 35.6. The van der Waals surface area contributed by atoms with Gasteiger partial charge in [-0.1, -0.05) is 127 Å². The molecule has 0 unspecified atom stereocenters. The van der Waals surface area contributed by atoms with E-state index >= 15 is 0 Å². The lowest BCUT2D eigenvalue weighted by atomic mass is 10.0. The first-order valence-electron chi connectivity index (χ1n) is 18.3. The Kier molecular flexibility index (Phi) is 6.82. The molecule has 11 rings (SSSR count). The van der Waals surface area contributed by atoms with Gasteiger partial charge in [0.25, 0.3) is 0 Å². The summed E-state index contributed by atoms with van der Waals surface area (Å²) in [6, 6.07) is 68.3. The lowest BCUT2D eigenvalue weighted by molar-refractivity contribution is 0.645. The smallest absolute Gasteiger partial charge is 0.213 e. The third-order valence-corrected chi connectivity index (χ3v) is 10.6. The minimum absolute atomic E-state index is 0.853. The van der Waals surface area contributed by atoms with Crippen LogP contribution < -0.4 is 4.90 Å². The number of hydrogen-bond donors (Lipinski definition) is 0. The molecule has 3 aromatic heterocycles. The van der Waals surface area contributed by atoms with Gasteiger partial charge in [-0.2, -0.15) is 0 Å². The van der Waals surface area contributed by atoms with E-state index in [1.165, 1.54) is 16.5 Å². The first kappa shape index (κ1) is 30.3. The van der Waals surface area contributed by atoms with E-state index < -0.39 is 0 Å². The van der Waals surface area contributed by atoms with E-state index in [0.29, 0.717) is 0 Å². The Morgan fingerprint density at radius 1 is 0.389 bits per heavy atom. The molecule has 0 bridgehead atoms. The van der Waals surface area contributed by atoms with Gasteiger partial charge in [-0.05, 0) is 89.0 Å². The van der Waals surface area contributed by atoms with Crippen LogP contribution in [0, 0.1) is 0 Å². The van der Waals surface area contributed by atoms with E-state index in [1.807, 2.05) is 18.2 Å². The predicted octanol–water partition coefficient (Wildman–Crippen LogP) is 14.2. The van der Waals surface area contributed by atoms with E-state index in [2.05, 4.69) is 185 Å². The van der Waals surface area contributed by atoms with Gasteiger partial charge in [-0.15, -0.1) is 0 Å². The number of fused-ring (bicyclic) bond motifs is 8. The molecule has 0 spiro atoms. The van der Waals surface area contributed by atoms with E-state index in [4.69, 9.17) is 8.83 Å². The maximum absolute atomic E-state index is 6.77. The van der Waals surface area contributed by atoms with Crippen LogP contribution in [-0.2, 0) is 0 Å². The van der Waals surface area contributed by atoms with Crippen molar-refractivity contribution in [2.75, 3.05) is 4.90 Å². The normalized spacial score (nSPS) is 11.7. The highest BCUT2D eigenvalue weighted by atomic mass is 16.3. The fourth-order valence-electron chi connectivity index (χ4n) is 8.10. The molecule has 4 nitrogen and oxygen atoms in total. The number of hydrogen-bond acceptors (Lipinski definition) is 3. The highest BCUT2D eigenvalue weighted by Crippen LogP contribution is 2.44. The summed E-state index contributed by atoms with van der Waals surface area (Å²) < 4.78 is 15.6. The summed E-state index contributed by atoms with van der Waals surface area (Å²) >= 11 is 0. The molecule has 0 fully saturated rings. The largest absolute Gasteiger partial charge is 0.454 e.